The van der Waals surface area contributed by atoms with Crippen molar-refractivity contribution in [1.29, 1.82) is 5.26 Å². The van der Waals surface area contributed by atoms with E-state index in [2.05, 4.69) is 0 Å². The van der Waals surface area contributed by atoms with Gasteiger partial charge in [-0.25, -0.2) is 4.39 Å². The van der Waals surface area contributed by atoms with Crippen LogP contribution in [0.1, 0.15) is 24.0 Å². The van der Waals surface area contributed by atoms with Gasteiger partial charge in [-0.3, -0.25) is 4.79 Å². The van der Waals surface area contributed by atoms with Crippen molar-refractivity contribution in [2.45, 2.75) is 19.4 Å². The van der Waals surface area contributed by atoms with Gasteiger partial charge in [0.15, 0.2) is 11.5 Å². The Morgan fingerprint density at radius 1 is 1.18 bits per heavy atom. The smallest absolute Gasteiger partial charge is 0.264 e. The van der Waals surface area contributed by atoms with Gasteiger partial charge in [-0.2, -0.15) is 5.26 Å². The molecule has 6 heteroatoms. The molecule has 1 aliphatic rings. The zero-order valence-corrected chi connectivity index (χ0v) is 15.7. The summed E-state index contributed by atoms with van der Waals surface area (Å²) in [5, 5.41) is 9.38. The summed E-state index contributed by atoms with van der Waals surface area (Å²) in [6.07, 6.45) is 3.50. The normalized spacial score (nSPS) is 13.9. The molecule has 1 fully saturated rings. The maximum Gasteiger partial charge on any atom is 0.264 e. The molecule has 0 bridgehead atoms. The van der Waals surface area contributed by atoms with Crippen LogP contribution in [-0.2, 0) is 11.4 Å². The minimum Gasteiger partial charge on any atom is -0.493 e. The molecular formula is C22H21FN2O3. The predicted molar refractivity (Wildman–Crippen MR) is 103 cm³/mol. The zero-order valence-electron chi connectivity index (χ0n) is 15.7. The number of ether oxygens (including phenoxy) is 2. The summed E-state index contributed by atoms with van der Waals surface area (Å²) >= 11 is 0. The zero-order chi connectivity index (χ0) is 19.9. The molecule has 2 aromatic rings. The van der Waals surface area contributed by atoms with Crippen LogP contribution in [0.4, 0.5) is 4.39 Å². The van der Waals surface area contributed by atoms with E-state index in [9.17, 15) is 14.4 Å². The highest BCUT2D eigenvalue weighted by Crippen LogP contribution is 2.30. The fraction of sp³-hybridized carbons (Fsp3) is 0.273. The number of amides is 1. The number of rotatable bonds is 6. The van der Waals surface area contributed by atoms with Crippen LogP contribution in [0.25, 0.3) is 6.08 Å². The van der Waals surface area contributed by atoms with E-state index in [0.29, 0.717) is 30.2 Å². The number of carbonyl (C=O) groups is 1. The summed E-state index contributed by atoms with van der Waals surface area (Å²) < 4.78 is 24.1. The summed E-state index contributed by atoms with van der Waals surface area (Å²) in [6, 6.07) is 13.3. The van der Waals surface area contributed by atoms with Crippen LogP contribution in [0.5, 0.6) is 11.5 Å². The molecule has 1 heterocycles. The highest BCUT2D eigenvalue weighted by atomic mass is 19.1. The van der Waals surface area contributed by atoms with Gasteiger partial charge in [0, 0.05) is 13.1 Å². The van der Waals surface area contributed by atoms with Crippen molar-refractivity contribution < 1.29 is 18.7 Å². The third-order valence-corrected chi connectivity index (χ3v) is 4.55. The topological polar surface area (TPSA) is 62.6 Å². The molecule has 1 amide bonds. The van der Waals surface area contributed by atoms with Crippen molar-refractivity contribution in [2.24, 2.45) is 0 Å². The average Bonchev–Trinajstić information content (AvgIpc) is 3.26. The fourth-order valence-corrected chi connectivity index (χ4v) is 3.03. The highest BCUT2D eigenvalue weighted by molar-refractivity contribution is 6.01. The van der Waals surface area contributed by atoms with E-state index >= 15 is 0 Å². The lowest BCUT2D eigenvalue weighted by Crippen LogP contribution is -2.28. The molecule has 0 spiro atoms. The van der Waals surface area contributed by atoms with Crippen LogP contribution in [0.2, 0.25) is 0 Å². The van der Waals surface area contributed by atoms with Crippen molar-refractivity contribution in [3.8, 4) is 17.6 Å². The van der Waals surface area contributed by atoms with Gasteiger partial charge in [-0.1, -0.05) is 18.2 Å². The molecule has 5 nitrogen and oxygen atoms in total. The third kappa shape index (κ3) is 4.68. The summed E-state index contributed by atoms with van der Waals surface area (Å²) in [7, 11) is 1.52. The lowest BCUT2D eigenvalue weighted by molar-refractivity contribution is -0.125. The first kappa shape index (κ1) is 19.4. The van der Waals surface area contributed by atoms with E-state index in [1.807, 2.05) is 6.07 Å². The maximum atomic E-state index is 13.0. The van der Waals surface area contributed by atoms with Crippen LogP contribution in [-0.4, -0.2) is 31.0 Å². The van der Waals surface area contributed by atoms with Gasteiger partial charge in [-0.05, 0) is 54.3 Å². The largest absolute Gasteiger partial charge is 0.493 e. The van der Waals surface area contributed by atoms with E-state index in [-0.39, 0.29) is 23.9 Å². The molecule has 0 radical (unpaired) electrons. The Kier molecular flexibility index (Phi) is 6.28. The van der Waals surface area contributed by atoms with Crippen molar-refractivity contribution in [1.82, 2.24) is 4.90 Å². The van der Waals surface area contributed by atoms with Crippen molar-refractivity contribution in [2.75, 3.05) is 20.2 Å². The Bertz CT molecular complexity index is 910. The number of carbonyl (C=O) groups excluding carboxylic acids is 1. The van der Waals surface area contributed by atoms with Gasteiger partial charge >= 0.3 is 0 Å². The number of hydrogen-bond donors (Lipinski definition) is 0. The number of nitriles is 1. The Labute approximate surface area is 163 Å². The summed E-state index contributed by atoms with van der Waals surface area (Å²) in [6.45, 7) is 1.65. The SMILES string of the molecule is COc1cc(/C=C(\C#N)C(=O)N2CCCC2)ccc1OCc1ccc(F)cc1. The van der Waals surface area contributed by atoms with Gasteiger partial charge < -0.3 is 14.4 Å². The molecular weight excluding hydrogens is 359 g/mol. The molecule has 0 unspecified atom stereocenters. The van der Waals surface area contributed by atoms with E-state index in [4.69, 9.17) is 9.47 Å². The second-order valence-electron chi connectivity index (χ2n) is 6.49. The highest BCUT2D eigenvalue weighted by Gasteiger charge is 2.21. The number of halogens is 1. The second kappa shape index (κ2) is 9.05. The molecule has 1 aliphatic heterocycles. The second-order valence-corrected chi connectivity index (χ2v) is 6.49. The molecule has 0 aromatic heterocycles. The molecule has 1 saturated heterocycles. The lowest BCUT2D eigenvalue weighted by atomic mass is 10.1. The first-order chi connectivity index (χ1) is 13.6. The Balaban J connectivity index is 1.75. The molecule has 0 N–H and O–H groups in total. The van der Waals surface area contributed by atoms with Crippen molar-refractivity contribution in [3.63, 3.8) is 0 Å². The molecule has 28 heavy (non-hydrogen) atoms. The summed E-state index contributed by atoms with van der Waals surface area (Å²) in [5.41, 5.74) is 1.61. The van der Waals surface area contributed by atoms with Gasteiger partial charge in [0.05, 0.1) is 7.11 Å². The molecule has 0 atom stereocenters. The average molecular weight is 380 g/mol. The number of benzene rings is 2. The molecule has 3 rings (SSSR count). The molecule has 2 aromatic carbocycles. The summed E-state index contributed by atoms with van der Waals surface area (Å²) in [5.74, 6) is 0.472. The standard InChI is InChI=1S/C22H21FN2O3/c1-27-21-13-17(12-18(14-24)22(26)25-10-2-3-11-25)6-9-20(21)28-15-16-4-7-19(23)8-5-16/h4-9,12-13H,2-3,10-11,15H2,1H3/b18-12+. The van der Waals surface area contributed by atoms with Crippen LogP contribution in [0.15, 0.2) is 48.0 Å². The molecule has 0 saturated carbocycles. The van der Waals surface area contributed by atoms with Crippen LogP contribution in [0, 0.1) is 17.1 Å². The first-order valence-corrected chi connectivity index (χ1v) is 9.07. The predicted octanol–water partition coefficient (Wildman–Crippen LogP) is 3.94. The van der Waals surface area contributed by atoms with Crippen LogP contribution >= 0.6 is 0 Å². The Morgan fingerprint density at radius 2 is 1.89 bits per heavy atom. The number of likely N-dealkylation sites (tertiary alicyclic amines) is 1. The van der Waals surface area contributed by atoms with E-state index in [0.717, 1.165) is 18.4 Å². The van der Waals surface area contributed by atoms with E-state index in [1.165, 1.54) is 19.2 Å². The van der Waals surface area contributed by atoms with E-state index in [1.54, 1.807) is 41.3 Å². The van der Waals surface area contributed by atoms with Gasteiger partial charge in [0.25, 0.3) is 5.91 Å². The van der Waals surface area contributed by atoms with Crippen molar-refractivity contribution >= 4 is 12.0 Å². The Hall–Kier alpha value is -3.33. The van der Waals surface area contributed by atoms with Crippen molar-refractivity contribution in [3.05, 3.63) is 65.0 Å². The lowest BCUT2D eigenvalue weighted by Gasteiger charge is -2.14. The monoisotopic (exact) mass is 380 g/mol. The fourth-order valence-electron chi connectivity index (χ4n) is 3.03. The first-order valence-electron chi connectivity index (χ1n) is 9.07. The quantitative estimate of drug-likeness (QED) is 0.562. The van der Waals surface area contributed by atoms with Gasteiger partial charge in [-0.15, -0.1) is 0 Å². The van der Waals surface area contributed by atoms with Crippen LogP contribution in [0.3, 0.4) is 0 Å². The van der Waals surface area contributed by atoms with E-state index < -0.39 is 0 Å². The number of nitrogens with zero attached hydrogens (tertiary/aromatic N) is 2. The maximum absolute atomic E-state index is 13.0. The Morgan fingerprint density at radius 3 is 2.54 bits per heavy atom. The minimum absolute atomic E-state index is 0.101. The molecule has 144 valence electrons. The van der Waals surface area contributed by atoms with Crippen LogP contribution < -0.4 is 9.47 Å². The third-order valence-electron chi connectivity index (χ3n) is 4.55. The number of methoxy groups -OCH3 is 1. The number of hydrogen-bond acceptors (Lipinski definition) is 4. The minimum atomic E-state index is -0.297. The molecule has 0 aliphatic carbocycles. The summed E-state index contributed by atoms with van der Waals surface area (Å²) in [4.78, 5) is 14.1. The van der Waals surface area contributed by atoms with Gasteiger partial charge in [0.1, 0.15) is 24.1 Å². The van der Waals surface area contributed by atoms with Gasteiger partial charge in [0.2, 0.25) is 0 Å².